The van der Waals surface area contributed by atoms with E-state index < -0.39 is 19.2 Å². The molecule has 0 atom stereocenters. The first-order valence-corrected chi connectivity index (χ1v) is 4.92. The highest BCUT2D eigenvalue weighted by atomic mass is 19.4. The van der Waals surface area contributed by atoms with Crippen molar-refractivity contribution in [2.75, 3.05) is 0 Å². The number of aliphatic hydroxyl groups is 1. The van der Waals surface area contributed by atoms with Gasteiger partial charge in [0, 0.05) is 6.54 Å². The zero-order valence-corrected chi connectivity index (χ0v) is 9.12. The van der Waals surface area contributed by atoms with Crippen LogP contribution >= 0.6 is 0 Å². The van der Waals surface area contributed by atoms with Crippen molar-refractivity contribution >= 4 is 0 Å². The number of alkyl halides is 3. The summed E-state index contributed by atoms with van der Waals surface area (Å²) in [7, 11) is 0. The first-order valence-electron chi connectivity index (χ1n) is 4.92. The molecule has 0 saturated heterocycles. The molecule has 0 aliphatic rings. The summed E-state index contributed by atoms with van der Waals surface area (Å²) in [5.41, 5.74) is 0. The van der Waals surface area contributed by atoms with Crippen LogP contribution in [0.15, 0.2) is 0 Å². The lowest BCUT2D eigenvalue weighted by Crippen LogP contribution is -2.19. The van der Waals surface area contributed by atoms with Gasteiger partial charge in [0.2, 0.25) is 0 Å². The van der Waals surface area contributed by atoms with Crippen molar-refractivity contribution < 1.29 is 18.3 Å². The topological polar surface area (TPSA) is 50.9 Å². The Morgan fingerprint density at radius 3 is 2.25 bits per heavy atom. The first-order chi connectivity index (χ1) is 7.33. The monoisotopic (exact) mass is 237 g/mol. The molecule has 0 radical (unpaired) electrons. The van der Waals surface area contributed by atoms with Crippen LogP contribution in [-0.2, 0) is 19.6 Å². The van der Waals surface area contributed by atoms with Gasteiger partial charge in [0.05, 0.1) is 0 Å². The molecule has 0 amide bonds. The Bertz CT molecular complexity index is 346. The average Bonchev–Trinajstić information content (AvgIpc) is 2.45. The van der Waals surface area contributed by atoms with Crippen LogP contribution in [-0.4, -0.2) is 26.0 Å². The standard InChI is InChI=1S/C9H14F3N3O/c1-6(2)4-15-7(3-9(10,11)12)13-14-8(15)5-16/h6,16H,3-5H2,1-2H3. The zero-order chi connectivity index (χ0) is 12.3. The maximum Gasteiger partial charge on any atom is 0.396 e. The molecule has 0 fully saturated rings. The lowest BCUT2D eigenvalue weighted by atomic mass is 10.2. The molecule has 0 aliphatic heterocycles. The van der Waals surface area contributed by atoms with Crippen LogP contribution in [0.3, 0.4) is 0 Å². The third-order valence-corrected chi connectivity index (χ3v) is 1.95. The van der Waals surface area contributed by atoms with E-state index in [1.54, 1.807) is 0 Å². The Kier molecular flexibility index (Phi) is 3.90. The van der Waals surface area contributed by atoms with Crippen molar-refractivity contribution in [3.05, 3.63) is 11.6 Å². The van der Waals surface area contributed by atoms with Crippen molar-refractivity contribution in [1.82, 2.24) is 14.8 Å². The minimum absolute atomic E-state index is 0.148. The maximum absolute atomic E-state index is 12.2. The summed E-state index contributed by atoms with van der Waals surface area (Å²) >= 11 is 0. The zero-order valence-electron chi connectivity index (χ0n) is 9.12. The highest BCUT2D eigenvalue weighted by Crippen LogP contribution is 2.21. The fourth-order valence-electron chi connectivity index (χ4n) is 1.38. The van der Waals surface area contributed by atoms with E-state index in [2.05, 4.69) is 10.2 Å². The van der Waals surface area contributed by atoms with Gasteiger partial charge in [-0.15, -0.1) is 10.2 Å². The van der Waals surface area contributed by atoms with Crippen molar-refractivity contribution in [3.63, 3.8) is 0 Å². The van der Waals surface area contributed by atoms with Crippen molar-refractivity contribution in [3.8, 4) is 0 Å². The van der Waals surface area contributed by atoms with Crippen LogP contribution < -0.4 is 0 Å². The molecular weight excluding hydrogens is 223 g/mol. The minimum Gasteiger partial charge on any atom is -0.388 e. The minimum atomic E-state index is -4.31. The molecule has 1 heterocycles. The summed E-state index contributed by atoms with van der Waals surface area (Å²) in [6.07, 6.45) is -5.43. The van der Waals surface area contributed by atoms with Gasteiger partial charge in [0.25, 0.3) is 0 Å². The highest BCUT2D eigenvalue weighted by molar-refractivity contribution is 4.97. The first kappa shape index (κ1) is 13.0. The number of aromatic nitrogens is 3. The van der Waals surface area contributed by atoms with Crippen LogP contribution in [0.2, 0.25) is 0 Å². The van der Waals surface area contributed by atoms with Crippen LogP contribution in [0.5, 0.6) is 0 Å². The summed E-state index contributed by atoms with van der Waals surface area (Å²) in [5.74, 6) is 0.187. The molecule has 4 nitrogen and oxygen atoms in total. The van der Waals surface area contributed by atoms with Gasteiger partial charge >= 0.3 is 6.18 Å². The molecule has 7 heteroatoms. The summed E-state index contributed by atoms with van der Waals surface area (Å²) in [6.45, 7) is 3.71. The Morgan fingerprint density at radius 2 is 1.81 bits per heavy atom. The third-order valence-electron chi connectivity index (χ3n) is 1.95. The Hall–Kier alpha value is -1.11. The number of hydrogen-bond acceptors (Lipinski definition) is 3. The van der Waals surface area contributed by atoms with Crippen molar-refractivity contribution in [2.24, 2.45) is 5.92 Å². The summed E-state index contributed by atoms with van der Waals surface area (Å²) in [6, 6.07) is 0. The second-order valence-electron chi connectivity index (χ2n) is 3.99. The largest absolute Gasteiger partial charge is 0.396 e. The molecule has 1 aromatic heterocycles. The van der Waals surface area contributed by atoms with E-state index in [9.17, 15) is 13.2 Å². The van der Waals surface area contributed by atoms with Gasteiger partial charge in [-0.3, -0.25) is 0 Å². The lowest BCUT2D eigenvalue weighted by molar-refractivity contribution is -0.129. The smallest absolute Gasteiger partial charge is 0.388 e. The van der Waals surface area contributed by atoms with E-state index in [-0.39, 0.29) is 17.6 Å². The Labute approximate surface area is 91.1 Å². The number of nitrogens with zero attached hydrogens (tertiary/aromatic N) is 3. The van der Waals surface area contributed by atoms with E-state index in [4.69, 9.17) is 5.11 Å². The lowest BCUT2D eigenvalue weighted by Gasteiger charge is -2.12. The normalized spacial score (nSPS) is 12.4. The van der Waals surface area contributed by atoms with Gasteiger partial charge < -0.3 is 9.67 Å². The Balaban J connectivity index is 2.95. The van der Waals surface area contributed by atoms with Crippen LogP contribution in [0.1, 0.15) is 25.5 Å². The fourth-order valence-corrected chi connectivity index (χ4v) is 1.38. The molecule has 0 saturated carbocycles. The quantitative estimate of drug-likeness (QED) is 0.864. The van der Waals surface area contributed by atoms with Crippen LogP contribution in [0.25, 0.3) is 0 Å². The molecule has 0 aromatic carbocycles. The molecule has 1 aromatic rings. The summed E-state index contributed by atoms with van der Waals surface area (Å²) in [4.78, 5) is 0. The molecule has 0 bridgehead atoms. The van der Waals surface area contributed by atoms with Crippen LogP contribution in [0, 0.1) is 5.92 Å². The average molecular weight is 237 g/mol. The molecule has 1 N–H and O–H groups in total. The van der Waals surface area contributed by atoms with Crippen LogP contribution in [0.4, 0.5) is 13.2 Å². The van der Waals surface area contributed by atoms with E-state index in [1.807, 2.05) is 13.8 Å². The van der Waals surface area contributed by atoms with E-state index >= 15 is 0 Å². The SMILES string of the molecule is CC(C)Cn1c(CO)nnc1CC(F)(F)F. The fraction of sp³-hybridized carbons (Fsp3) is 0.778. The number of aliphatic hydroxyl groups excluding tert-OH is 1. The molecule has 0 spiro atoms. The summed E-state index contributed by atoms with van der Waals surface area (Å²) < 4.78 is 38.0. The highest BCUT2D eigenvalue weighted by Gasteiger charge is 2.31. The predicted molar refractivity (Wildman–Crippen MR) is 50.5 cm³/mol. The van der Waals surface area contributed by atoms with E-state index in [1.165, 1.54) is 4.57 Å². The third kappa shape index (κ3) is 3.48. The van der Waals surface area contributed by atoms with Gasteiger partial charge in [-0.2, -0.15) is 13.2 Å². The number of halogens is 3. The summed E-state index contributed by atoms with van der Waals surface area (Å²) in [5, 5.41) is 15.9. The second-order valence-corrected chi connectivity index (χ2v) is 3.99. The predicted octanol–water partition coefficient (Wildman–Crippen LogP) is 1.53. The number of rotatable bonds is 4. The molecule has 0 aliphatic carbocycles. The second kappa shape index (κ2) is 4.82. The van der Waals surface area contributed by atoms with E-state index in [0.717, 1.165) is 0 Å². The van der Waals surface area contributed by atoms with Gasteiger partial charge in [-0.25, -0.2) is 0 Å². The van der Waals surface area contributed by atoms with Gasteiger partial charge in [0.1, 0.15) is 18.9 Å². The van der Waals surface area contributed by atoms with Crippen molar-refractivity contribution in [2.45, 2.75) is 39.6 Å². The van der Waals surface area contributed by atoms with Gasteiger partial charge in [0.15, 0.2) is 5.82 Å². The van der Waals surface area contributed by atoms with Gasteiger partial charge in [-0.1, -0.05) is 13.8 Å². The molecule has 16 heavy (non-hydrogen) atoms. The van der Waals surface area contributed by atoms with E-state index in [0.29, 0.717) is 6.54 Å². The molecular formula is C9H14F3N3O. The molecule has 92 valence electrons. The Morgan fingerprint density at radius 1 is 1.25 bits per heavy atom. The van der Waals surface area contributed by atoms with Gasteiger partial charge in [-0.05, 0) is 5.92 Å². The van der Waals surface area contributed by atoms with Crippen molar-refractivity contribution in [1.29, 1.82) is 0 Å². The molecule has 0 unspecified atom stereocenters. The maximum atomic E-state index is 12.2. The molecule has 1 rings (SSSR count). The number of hydrogen-bond donors (Lipinski definition) is 1.